The molecule has 0 spiro atoms. The highest BCUT2D eigenvalue weighted by molar-refractivity contribution is 5.79. The summed E-state index contributed by atoms with van der Waals surface area (Å²) in [4.78, 5) is 32.5. The summed E-state index contributed by atoms with van der Waals surface area (Å²) in [7, 11) is 1.78. The molecule has 146 valence electrons. The van der Waals surface area contributed by atoms with Gasteiger partial charge in [-0.05, 0) is 43.5 Å². The number of benzene rings is 2. The number of amides is 1. The van der Waals surface area contributed by atoms with Gasteiger partial charge in [-0.15, -0.1) is 0 Å². The van der Waals surface area contributed by atoms with Crippen molar-refractivity contribution in [1.82, 2.24) is 14.5 Å². The van der Waals surface area contributed by atoms with Crippen LogP contribution in [0.5, 0.6) is 0 Å². The fraction of sp³-hybridized carbons (Fsp3) is 0.348. The standard InChI is InChI=1S/C23H27N3O2/c1-15(2)14-21(27)25(5)17(4)22-24-19-12-8-7-11-18(19)23(28)26(22)20-13-9-6-10-16(20)3/h6-13,15,17H,14H2,1-5H3. The number of para-hydroxylation sites is 2. The van der Waals surface area contributed by atoms with E-state index in [9.17, 15) is 9.59 Å². The van der Waals surface area contributed by atoms with Crippen LogP contribution in [0.3, 0.4) is 0 Å². The summed E-state index contributed by atoms with van der Waals surface area (Å²) in [5, 5.41) is 0.567. The third kappa shape index (κ3) is 3.70. The van der Waals surface area contributed by atoms with E-state index in [1.165, 1.54) is 0 Å². The molecule has 2 aromatic carbocycles. The summed E-state index contributed by atoms with van der Waals surface area (Å²) in [5.74, 6) is 0.879. The number of carbonyl (C=O) groups is 1. The van der Waals surface area contributed by atoms with Crippen LogP contribution in [0.25, 0.3) is 16.6 Å². The molecule has 5 nitrogen and oxygen atoms in total. The zero-order valence-electron chi connectivity index (χ0n) is 17.1. The van der Waals surface area contributed by atoms with Gasteiger partial charge in [0.2, 0.25) is 5.91 Å². The Morgan fingerprint density at radius 2 is 1.71 bits per heavy atom. The van der Waals surface area contributed by atoms with E-state index in [-0.39, 0.29) is 23.4 Å². The highest BCUT2D eigenvalue weighted by atomic mass is 16.2. The first-order valence-electron chi connectivity index (χ1n) is 9.64. The van der Waals surface area contributed by atoms with E-state index in [2.05, 4.69) is 0 Å². The average molecular weight is 377 g/mol. The van der Waals surface area contributed by atoms with Crippen molar-refractivity contribution >= 4 is 16.8 Å². The van der Waals surface area contributed by atoms with Crippen molar-refractivity contribution in [3.8, 4) is 5.69 Å². The van der Waals surface area contributed by atoms with E-state index < -0.39 is 0 Å². The minimum Gasteiger partial charge on any atom is -0.336 e. The molecule has 0 radical (unpaired) electrons. The summed E-state index contributed by atoms with van der Waals surface area (Å²) < 4.78 is 1.65. The minimum atomic E-state index is -0.344. The van der Waals surface area contributed by atoms with Crippen LogP contribution in [-0.4, -0.2) is 27.4 Å². The minimum absolute atomic E-state index is 0.0428. The number of aryl methyl sites for hydroxylation is 1. The molecule has 0 N–H and O–H groups in total. The molecule has 1 atom stereocenters. The van der Waals surface area contributed by atoms with Crippen LogP contribution in [-0.2, 0) is 4.79 Å². The second-order valence-electron chi connectivity index (χ2n) is 7.69. The molecule has 0 saturated carbocycles. The molecule has 0 aliphatic carbocycles. The van der Waals surface area contributed by atoms with Crippen molar-refractivity contribution in [1.29, 1.82) is 0 Å². The fourth-order valence-corrected chi connectivity index (χ4v) is 3.36. The third-order valence-electron chi connectivity index (χ3n) is 5.09. The topological polar surface area (TPSA) is 55.2 Å². The Kier molecular flexibility index (Phi) is 5.63. The van der Waals surface area contributed by atoms with Crippen molar-refractivity contribution in [2.75, 3.05) is 7.05 Å². The van der Waals surface area contributed by atoms with E-state index in [0.717, 1.165) is 11.3 Å². The summed E-state index contributed by atoms with van der Waals surface area (Å²) in [6.45, 7) is 7.93. The normalized spacial score (nSPS) is 12.4. The van der Waals surface area contributed by atoms with Crippen LogP contribution in [0.15, 0.2) is 53.3 Å². The van der Waals surface area contributed by atoms with Gasteiger partial charge < -0.3 is 4.90 Å². The molecule has 28 heavy (non-hydrogen) atoms. The van der Waals surface area contributed by atoms with Crippen molar-refractivity contribution < 1.29 is 4.79 Å². The lowest BCUT2D eigenvalue weighted by atomic mass is 10.1. The Morgan fingerprint density at radius 1 is 1.07 bits per heavy atom. The summed E-state index contributed by atoms with van der Waals surface area (Å²) >= 11 is 0. The molecule has 5 heteroatoms. The van der Waals surface area contributed by atoms with E-state index in [1.807, 2.05) is 70.2 Å². The zero-order valence-corrected chi connectivity index (χ0v) is 17.1. The Hall–Kier alpha value is -2.95. The number of carbonyl (C=O) groups excluding carboxylic acids is 1. The van der Waals surface area contributed by atoms with Crippen molar-refractivity contribution in [3.63, 3.8) is 0 Å². The lowest BCUT2D eigenvalue weighted by Gasteiger charge is -2.28. The molecule has 1 unspecified atom stereocenters. The Labute approximate surface area is 165 Å². The van der Waals surface area contributed by atoms with Gasteiger partial charge in [0.1, 0.15) is 5.82 Å². The maximum absolute atomic E-state index is 13.4. The number of hydrogen-bond donors (Lipinski definition) is 0. The fourth-order valence-electron chi connectivity index (χ4n) is 3.36. The summed E-state index contributed by atoms with van der Waals surface area (Å²) in [6, 6.07) is 14.7. The quantitative estimate of drug-likeness (QED) is 0.668. The molecule has 0 fully saturated rings. The van der Waals surface area contributed by atoms with Crippen LogP contribution in [0.4, 0.5) is 0 Å². The first kappa shape index (κ1) is 19.8. The largest absolute Gasteiger partial charge is 0.336 e. The predicted molar refractivity (Wildman–Crippen MR) is 113 cm³/mol. The molecule has 0 aliphatic heterocycles. The molecule has 0 aliphatic rings. The van der Waals surface area contributed by atoms with Gasteiger partial charge in [0.15, 0.2) is 0 Å². The first-order valence-corrected chi connectivity index (χ1v) is 9.64. The first-order chi connectivity index (χ1) is 13.3. The van der Waals surface area contributed by atoms with Crippen molar-refractivity contribution in [3.05, 3.63) is 70.3 Å². The van der Waals surface area contributed by atoms with Gasteiger partial charge in [0, 0.05) is 13.5 Å². The number of hydrogen-bond acceptors (Lipinski definition) is 3. The van der Waals surface area contributed by atoms with Crippen LogP contribution >= 0.6 is 0 Å². The van der Waals surface area contributed by atoms with E-state index >= 15 is 0 Å². The zero-order chi connectivity index (χ0) is 20.4. The van der Waals surface area contributed by atoms with Crippen molar-refractivity contribution in [2.45, 2.75) is 40.2 Å². The molecular weight excluding hydrogens is 350 g/mol. The molecule has 1 aromatic heterocycles. The van der Waals surface area contributed by atoms with Crippen molar-refractivity contribution in [2.24, 2.45) is 5.92 Å². The Bertz CT molecular complexity index is 1070. The van der Waals surface area contributed by atoms with Crippen LogP contribution in [0.1, 0.15) is 44.6 Å². The predicted octanol–water partition coefficient (Wildman–Crippen LogP) is 4.26. The average Bonchev–Trinajstić information content (AvgIpc) is 2.67. The van der Waals surface area contributed by atoms with Gasteiger partial charge in [-0.3, -0.25) is 14.2 Å². The smallest absolute Gasteiger partial charge is 0.266 e. The van der Waals surface area contributed by atoms with Gasteiger partial charge in [0.05, 0.1) is 22.6 Å². The lowest BCUT2D eigenvalue weighted by Crippen LogP contribution is -2.35. The molecule has 3 aromatic rings. The van der Waals surface area contributed by atoms with Gasteiger partial charge in [-0.1, -0.05) is 44.2 Å². The van der Waals surface area contributed by atoms with Crippen LogP contribution < -0.4 is 5.56 Å². The van der Waals surface area contributed by atoms with Gasteiger partial charge >= 0.3 is 0 Å². The van der Waals surface area contributed by atoms with Crippen LogP contribution in [0.2, 0.25) is 0 Å². The van der Waals surface area contributed by atoms with Gasteiger partial charge in [0.25, 0.3) is 5.56 Å². The molecule has 1 heterocycles. The number of rotatable bonds is 5. The monoisotopic (exact) mass is 377 g/mol. The number of fused-ring (bicyclic) bond motifs is 1. The lowest BCUT2D eigenvalue weighted by molar-refractivity contribution is -0.132. The molecule has 0 saturated heterocycles. The van der Waals surface area contributed by atoms with E-state index in [0.29, 0.717) is 23.1 Å². The SMILES string of the molecule is Cc1ccccc1-n1c(C(C)N(C)C(=O)CC(C)C)nc2ccccc2c1=O. The van der Waals surface area contributed by atoms with E-state index in [4.69, 9.17) is 4.98 Å². The Morgan fingerprint density at radius 3 is 2.39 bits per heavy atom. The second-order valence-corrected chi connectivity index (χ2v) is 7.69. The molecular formula is C23H27N3O2. The molecule has 0 bridgehead atoms. The van der Waals surface area contributed by atoms with Gasteiger partial charge in [-0.25, -0.2) is 4.98 Å². The van der Waals surface area contributed by atoms with Gasteiger partial charge in [-0.2, -0.15) is 0 Å². The summed E-state index contributed by atoms with van der Waals surface area (Å²) in [5.41, 5.74) is 2.29. The third-order valence-corrected chi connectivity index (χ3v) is 5.09. The number of nitrogens with zero attached hydrogens (tertiary/aromatic N) is 3. The summed E-state index contributed by atoms with van der Waals surface area (Å²) in [6.07, 6.45) is 0.461. The Balaban J connectivity index is 2.23. The maximum atomic E-state index is 13.4. The van der Waals surface area contributed by atoms with Crippen LogP contribution in [0, 0.1) is 12.8 Å². The highest BCUT2D eigenvalue weighted by Gasteiger charge is 2.24. The molecule has 3 rings (SSSR count). The second kappa shape index (κ2) is 7.97. The van der Waals surface area contributed by atoms with E-state index in [1.54, 1.807) is 22.6 Å². The molecule has 1 amide bonds. The maximum Gasteiger partial charge on any atom is 0.266 e. The highest BCUT2D eigenvalue weighted by Crippen LogP contribution is 2.24. The number of aromatic nitrogens is 2.